The number of rotatable bonds is 3. The van der Waals surface area contributed by atoms with Gasteiger partial charge >= 0.3 is 5.97 Å². The predicted molar refractivity (Wildman–Crippen MR) is 73.0 cm³/mol. The van der Waals surface area contributed by atoms with Gasteiger partial charge < -0.3 is 14.9 Å². The van der Waals surface area contributed by atoms with Crippen molar-refractivity contribution in [3.05, 3.63) is 47.4 Å². The fourth-order valence-corrected chi connectivity index (χ4v) is 2.70. The van der Waals surface area contributed by atoms with Gasteiger partial charge in [0, 0.05) is 25.8 Å². The van der Waals surface area contributed by atoms with Gasteiger partial charge in [0.1, 0.15) is 11.4 Å². The molecule has 0 aromatic heterocycles. The Labute approximate surface area is 125 Å². The second kappa shape index (κ2) is 5.25. The molecule has 1 atom stereocenters. The van der Waals surface area contributed by atoms with E-state index in [2.05, 4.69) is 0 Å². The molecule has 0 bridgehead atoms. The summed E-state index contributed by atoms with van der Waals surface area (Å²) in [5.74, 6) is -2.78. The standard InChI is InChI=1S/C15H13FN2O4/c16-10-3-1-9(2-4-10)7-18-6-5-17-8-11(15(21)22)13(19)12(17)14(18)20/h1-4,8,12H,5-7H2,(H,21,22). The van der Waals surface area contributed by atoms with Crippen molar-refractivity contribution < 1.29 is 23.9 Å². The number of carboxylic acid groups (broad SMARTS) is 1. The minimum Gasteiger partial charge on any atom is -0.478 e. The molecule has 0 saturated carbocycles. The average Bonchev–Trinajstić information content (AvgIpc) is 2.82. The molecular weight excluding hydrogens is 291 g/mol. The summed E-state index contributed by atoms with van der Waals surface area (Å²) in [5.41, 5.74) is 0.391. The Morgan fingerprint density at radius 1 is 1.23 bits per heavy atom. The van der Waals surface area contributed by atoms with Gasteiger partial charge in [-0.3, -0.25) is 9.59 Å². The number of amides is 1. The number of carbonyl (C=O) groups excluding carboxylic acids is 2. The van der Waals surface area contributed by atoms with Gasteiger partial charge in [-0.25, -0.2) is 9.18 Å². The highest BCUT2D eigenvalue weighted by molar-refractivity contribution is 6.26. The van der Waals surface area contributed by atoms with Gasteiger partial charge in [0.15, 0.2) is 6.04 Å². The topological polar surface area (TPSA) is 77.9 Å². The van der Waals surface area contributed by atoms with Crippen molar-refractivity contribution in [2.75, 3.05) is 13.1 Å². The summed E-state index contributed by atoms with van der Waals surface area (Å²) >= 11 is 0. The minimum absolute atomic E-state index is 0.263. The minimum atomic E-state index is -1.32. The number of halogens is 1. The zero-order valence-electron chi connectivity index (χ0n) is 11.5. The Bertz CT molecular complexity index is 683. The first kappa shape index (κ1) is 14.2. The van der Waals surface area contributed by atoms with E-state index in [-0.39, 0.29) is 17.9 Å². The zero-order chi connectivity index (χ0) is 15.9. The number of hydrogen-bond acceptors (Lipinski definition) is 4. The first-order valence-electron chi connectivity index (χ1n) is 6.75. The molecule has 2 aliphatic rings. The number of fused-ring (bicyclic) bond motifs is 1. The number of aliphatic carboxylic acids is 1. The molecule has 1 saturated heterocycles. The zero-order valence-corrected chi connectivity index (χ0v) is 11.5. The third kappa shape index (κ3) is 2.34. The Hall–Kier alpha value is -2.70. The summed E-state index contributed by atoms with van der Waals surface area (Å²) in [4.78, 5) is 38.4. The Kier molecular flexibility index (Phi) is 3.40. The van der Waals surface area contributed by atoms with Gasteiger partial charge in [0.05, 0.1) is 0 Å². The van der Waals surface area contributed by atoms with Crippen LogP contribution in [-0.2, 0) is 20.9 Å². The van der Waals surface area contributed by atoms with Crippen LogP contribution in [0.3, 0.4) is 0 Å². The largest absolute Gasteiger partial charge is 0.478 e. The number of Topliss-reactive ketones (excluding diaryl/α,β-unsaturated/α-hetero) is 1. The molecule has 2 aliphatic heterocycles. The van der Waals surface area contributed by atoms with Crippen LogP contribution in [0.25, 0.3) is 0 Å². The van der Waals surface area contributed by atoms with E-state index in [0.29, 0.717) is 13.1 Å². The van der Waals surface area contributed by atoms with Crippen LogP contribution in [0.1, 0.15) is 5.56 Å². The maximum atomic E-state index is 12.9. The molecule has 7 heteroatoms. The van der Waals surface area contributed by atoms with Crippen molar-refractivity contribution in [1.29, 1.82) is 0 Å². The molecule has 0 aliphatic carbocycles. The van der Waals surface area contributed by atoms with Crippen LogP contribution in [-0.4, -0.2) is 51.7 Å². The maximum absolute atomic E-state index is 12.9. The molecule has 6 nitrogen and oxygen atoms in total. The lowest BCUT2D eigenvalue weighted by atomic mass is 10.1. The fraction of sp³-hybridized carbons (Fsp3) is 0.267. The van der Waals surface area contributed by atoms with Crippen molar-refractivity contribution in [1.82, 2.24) is 9.80 Å². The third-order valence-corrected chi connectivity index (χ3v) is 3.83. The monoisotopic (exact) mass is 304 g/mol. The van der Waals surface area contributed by atoms with Gasteiger partial charge in [-0.15, -0.1) is 0 Å². The number of piperazine rings is 1. The van der Waals surface area contributed by atoms with E-state index in [1.54, 1.807) is 12.1 Å². The average molecular weight is 304 g/mol. The van der Waals surface area contributed by atoms with Gasteiger partial charge in [-0.2, -0.15) is 0 Å². The van der Waals surface area contributed by atoms with E-state index in [9.17, 15) is 18.8 Å². The summed E-state index contributed by atoms with van der Waals surface area (Å²) in [7, 11) is 0. The first-order valence-corrected chi connectivity index (χ1v) is 6.75. The van der Waals surface area contributed by atoms with Gasteiger partial charge in [0.25, 0.3) is 5.91 Å². The fourth-order valence-electron chi connectivity index (χ4n) is 2.70. The van der Waals surface area contributed by atoms with E-state index >= 15 is 0 Å². The molecule has 0 radical (unpaired) electrons. The van der Waals surface area contributed by atoms with Crippen LogP contribution in [0, 0.1) is 5.82 Å². The molecule has 1 aromatic rings. The molecule has 1 unspecified atom stereocenters. The molecule has 1 N–H and O–H groups in total. The SMILES string of the molecule is O=C(O)C1=CN2CCN(Cc3ccc(F)cc3)C(=O)C2C1=O. The number of benzene rings is 1. The lowest BCUT2D eigenvalue weighted by molar-refractivity contribution is -0.144. The molecule has 2 heterocycles. The highest BCUT2D eigenvalue weighted by atomic mass is 19.1. The molecular formula is C15H13FN2O4. The van der Waals surface area contributed by atoms with Crippen LogP contribution < -0.4 is 0 Å². The van der Waals surface area contributed by atoms with E-state index in [1.807, 2.05) is 0 Å². The molecule has 1 aromatic carbocycles. The van der Waals surface area contributed by atoms with Crippen LogP contribution in [0.15, 0.2) is 36.0 Å². The van der Waals surface area contributed by atoms with Crippen LogP contribution >= 0.6 is 0 Å². The maximum Gasteiger partial charge on any atom is 0.340 e. The predicted octanol–water partition coefficient (Wildman–Crippen LogP) is 0.390. The van der Waals surface area contributed by atoms with Crippen molar-refractivity contribution in [2.24, 2.45) is 0 Å². The normalized spacial score (nSPS) is 21.0. The van der Waals surface area contributed by atoms with Crippen molar-refractivity contribution in [3.63, 3.8) is 0 Å². The van der Waals surface area contributed by atoms with Gasteiger partial charge in [-0.05, 0) is 17.7 Å². The summed E-state index contributed by atoms with van der Waals surface area (Å²) in [6.07, 6.45) is 1.24. The smallest absolute Gasteiger partial charge is 0.340 e. The number of carboxylic acids is 1. The summed E-state index contributed by atoms with van der Waals surface area (Å²) < 4.78 is 12.9. The Morgan fingerprint density at radius 2 is 1.91 bits per heavy atom. The highest BCUT2D eigenvalue weighted by Gasteiger charge is 2.45. The van der Waals surface area contributed by atoms with Crippen molar-refractivity contribution >= 4 is 17.7 Å². The van der Waals surface area contributed by atoms with Gasteiger partial charge in [0.2, 0.25) is 5.78 Å². The number of nitrogens with zero attached hydrogens (tertiary/aromatic N) is 2. The van der Waals surface area contributed by atoms with Crippen molar-refractivity contribution in [3.8, 4) is 0 Å². The first-order chi connectivity index (χ1) is 10.5. The second-order valence-corrected chi connectivity index (χ2v) is 5.24. The molecule has 0 spiro atoms. The quantitative estimate of drug-likeness (QED) is 0.645. The molecule has 22 heavy (non-hydrogen) atoms. The summed E-state index contributed by atoms with van der Waals surface area (Å²) in [6, 6.07) is 4.68. The van der Waals surface area contributed by atoms with Crippen LogP contribution in [0.2, 0.25) is 0 Å². The number of hydrogen-bond donors (Lipinski definition) is 1. The van der Waals surface area contributed by atoms with Gasteiger partial charge in [-0.1, -0.05) is 12.1 Å². The summed E-state index contributed by atoms with van der Waals surface area (Å²) in [5, 5.41) is 8.97. The van der Waals surface area contributed by atoms with E-state index in [4.69, 9.17) is 5.11 Å². The van der Waals surface area contributed by atoms with E-state index in [1.165, 1.54) is 28.1 Å². The molecule has 114 valence electrons. The third-order valence-electron chi connectivity index (χ3n) is 3.83. The second-order valence-electron chi connectivity index (χ2n) is 5.24. The van der Waals surface area contributed by atoms with Crippen LogP contribution in [0.5, 0.6) is 0 Å². The van der Waals surface area contributed by atoms with E-state index < -0.39 is 23.7 Å². The lowest BCUT2D eigenvalue weighted by Gasteiger charge is -2.36. The Morgan fingerprint density at radius 3 is 2.55 bits per heavy atom. The number of ketones is 1. The highest BCUT2D eigenvalue weighted by Crippen LogP contribution is 2.24. The molecule has 1 amide bonds. The van der Waals surface area contributed by atoms with E-state index in [0.717, 1.165) is 5.56 Å². The van der Waals surface area contributed by atoms with Crippen LogP contribution in [0.4, 0.5) is 4.39 Å². The summed E-state index contributed by atoms with van der Waals surface area (Å²) in [6.45, 7) is 1.03. The number of carbonyl (C=O) groups is 3. The molecule has 1 fully saturated rings. The molecule has 3 rings (SSSR count). The lowest BCUT2D eigenvalue weighted by Crippen LogP contribution is -2.55. The van der Waals surface area contributed by atoms with Crippen molar-refractivity contribution in [2.45, 2.75) is 12.6 Å². The Balaban J connectivity index is 1.76.